The Bertz CT molecular complexity index is 666. The van der Waals surface area contributed by atoms with Crippen LogP contribution < -0.4 is 10.1 Å². The average molecular weight is 348 g/mol. The molecule has 1 aromatic heterocycles. The molecule has 7 heteroatoms. The zero-order valence-electron chi connectivity index (χ0n) is 14.6. The van der Waals surface area contributed by atoms with E-state index in [-0.39, 0.29) is 11.9 Å². The molecule has 0 atom stereocenters. The third-order valence-electron chi connectivity index (χ3n) is 3.87. The van der Waals surface area contributed by atoms with Gasteiger partial charge in [-0.2, -0.15) is 0 Å². The summed E-state index contributed by atoms with van der Waals surface area (Å²) >= 11 is 1.39. The van der Waals surface area contributed by atoms with E-state index in [4.69, 9.17) is 4.74 Å². The van der Waals surface area contributed by atoms with Gasteiger partial charge in [0.1, 0.15) is 5.75 Å². The minimum absolute atomic E-state index is 0.0303. The summed E-state index contributed by atoms with van der Waals surface area (Å²) in [6.07, 6.45) is 1.89. The quantitative estimate of drug-likeness (QED) is 0.743. The van der Waals surface area contributed by atoms with Gasteiger partial charge in [0.05, 0.1) is 12.9 Å². The Hall–Kier alpha value is -2.02. The SMILES string of the molecule is CCC(CC)NC(=O)CSc1nnc(-c2ccc(OC)cc2)n1C. The van der Waals surface area contributed by atoms with Crippen LogP contribution in [0.3, 0.4) is 0 Å². The van der Waals surface area contributed by atoms with Crippen molar-refractivity contribution in [1.82, 2.24) is 20.1 Å². The van der Waals surface area contributed by atoms with Crippen LogP contribution in [0, 0.1) is 0 Å². The number of ether oxygens (including phenoxy) is 1. The molecule has 24 heavy (non-hydrogen) atoms. The van der Waals surface area contributed by atoms with Crippen molar-refractivity contribution >= 4 is 17.7 Å². The van der Waals surface area contributed by atoms with E-state index < -0.39 is 0 Å². The fraction of sp³-hybridized carbons (Fsp3) is 0.471. The van der Waals surface area contributed by atoms with Gasteiger partial charge in [-0.1, -0.05) is 25.6 Å². The van der Waals surface area contributed by atoms with Crippen molar-refractivity contribution in [2.75, 3.05) is 12.9 Å². The Labute approximate surface area is 147 Å². The number of nitrogens with zero attached hydrogens (tertiary/aromatic N) is 3. The van der Waals surface area contributed by atoms with Gasteiger partial charge >= 0.3 is 0 Å². The first-order chi connectivity index (χ1) is 11.6. The van der Waals surface area contributed by atoms with Crippen molar-refractivity contribution in [3.05, 3.63) is 24.3 Å². The molecule has 0 aliphatic rings. The number of aromatic nitrogens is 3. The lowest BCUT2D eigenvalue weighted by molar-refractivity contribution is -0.119. The summed E-state index contributed by atoms with van der Waals surface area (Å²) in [7, 11) is 3.54. The van der Waals surface area contributed by atoms with Crippen molar-refractivity contribution in [1.29, 1.82) is 0 Å². The smallest absolute Gasteiger partial charge is 0.230 e. The lowest BCUT2D eigenvalue weighted by atomic mass is 10.2. The third kappa shape index (κ3) is 4.50. The highest BCUT2D eigenvalue weighted by Crippen LogP contribution is 2.24. The Kier molecular flexibility index (Phi) is 6.66. The molecular weight excluding hydrogens is 324 g/mol. The maximum Gasteiger partial charge on any atom is 0.230 e. The minimum atomic E-state index is 0.0303. The monoisotopic (exact) mass is 348 g/mol. The number of benzene rings is 1. The van der Waals surface area contributed by atoms with E-state index in [9.17, 15) is 4.79 Å². The number of methoxy groups -OCH3 is 1. The predicted octanol–water partition coefficient (Wildman–Crippen LogP) is 2.89. The Morgan fingerprint density at radius 1 is 1.25 bits per heavy atom. The molecule has 0 saturated carbocycles. The van der Waals surface area contributed by atoms with Crippen LogP contribution in [-0.4, -0.2) is 39.6 Å². The molecule has 2 rings (SSSR count). The van der Waals surface area contributed by atoms with Gasteiger partial charge in [0.25, 0.3) is 0 Å². The van der Waals surface area contributed by atoms with Gasteiger partial charge in [0.15, 0.2) is 11.0 Å². The predicted molar refractivity (Wildman–Crippen MR) is 96.2 cm³/mol. The average Bonchev–Trinajstić information content (AvgIpc) is 2.98. The number of carbonyl (C=O) groups excluding carboxylic acids is 1. The van der Waals surface area contributed by atoms with Crippen LogP contribution in [0.2, 0.25) is 0 Å². The molecule has 0 unspecified atom stereocenters. The molecule has 0 spiro atoms. The summed E-state index contributed by atoms with van der Waals surface area (Å²) in [5, 5.41) is 12.2. The molecule has 6 nitrogen and oxygen atoms in total. The molecule has 0 fully saturated rings. The maximum absolute atomic E-state index is 12.0. The first-order valence-electron chi connectivity index (χ1n) is 8.05. The summed E-state index contributed by atoms with van der Waals surface area (Å²) in [5.74, 6) is 1.93. The molecule has 1 aromatic carbocycles. The molecule has 130 valence electrons. The largest absolute Gasteiger partial charge is 0.497 e. The summed E-state index contributed by atoms with van der Waals surface area (Å²) in [5.41, 5.74) is 0.958. The van der Waals surface area contributed by atoms with E-state index in [0.717, 1.165) is 35.1 Å². The minimum Gasteiger partial charge on any atom is -0.497 e. The lowest BCUT2D eigenvalue weighted by Crippen LogP contribution is -2.35. The highest BCUT2D eigenvalue weighted by Gasteiger charge is 2.14. The first kappa shape index (κ1) is 18.3. The summed E-state index contributed by atoms with van der Waals surface area (Å²) in [6, 6.07) is 7.90. The fourth-order valence-corrected chi connectivity index (χ4v) is 3.05. The van der Waals surface area contributed by atoms with E-state index in [0.29, 0.717) is 5.75 Å². The summed E-state index contributed by atoms with van der Waals surface area (Å²) < 4.78 is 7.06. The number of amides is 1. The highest BCUT2D eigenvalue weighted by atomic mass is 32.2. The van der Waals surface area contributed by atoms with Crippen molar-refractivity contribution in [3.63, 3.8) is 0 Å². The number of nitrogens with one attached hydrogen (secondary N) is 1. The van der Waals surface area contributed by atoms with Gasteiger partial charge in [-0.25, -0.2) is 0 Å². The fourth-order valence-electron chi connectivity index (χ4n) is 2.32. The van der Waals surface area contributed by atoms with Crippen LogP contribution >= 0.6 is 11.8 Å². The van der Waals surface area contributed by atoms with E-state index in [1.807, 2.05) is 35.9 Å². The number of carbonyl (C=O) groups is 1. The number of rotatable bonds is 8. The van der Waals surface area contributed by atoms with Crippen LogP contribution in [0.4, 0.5) is 0 Å². The van der Waals surface area contributed by atoms with Gasteiger partial charge < -0.3 is 14.6 Å². The number of hydrogen-bond acceptors (Lipinski definition) is 5. The van der Waals surface area contributed by atoms with Crippen LogP contribution in [-0.2, 0) is 11.8 Å². The second kappa shape index (κ2) is 8.73. The van der Waals surface area contributed by atoms with Crippen molar-refractivity contribution in [2.24, 2.45) is 7.05 Å². The van der Waals surface area contributed by atoms with Gasteiger partial charge in [0.2, 0.25) is 5.91 Å². The summed E-state index contributed by atoms with van der Waals surface area (Å²) in [4.78, 5) is 12.0. The highest BCUT2D eigenvalue weighted by molar-refractivity contribution is 7.99. The van der Waals surface area contributed by atoms with Gasteiger partial charge in [-0.05, 0) is 37.1 Å². The van der Waals surface area contributed by atoms with Crippen LogP contribution in [0.25, 0.3) is 11.4 Å². The van der Waals surface area contributed by atoms with E-state index in [1.54, 1.807) is 7.11 Å². The molecule has 0 aliphatic heterocycles. The molecule has 0 bridgehead atoms. The second-order valence-electron chi connectivity index (χ2n) is 5.46. The van der Waals surface area contributed by atoms with Gasteiger partial charge in [0, 0.05) is 18.7 Å². The van der Waals surface area contributed by atoms with E-state index >= 15 is 0 Å². The zero-order valence-corrected chi connectivity index (χ0v) is 15.4. The van der Waals surface area contributed by atoms with Crippen LogP contribution in [0.5, 0.6) is 5.75 Å². The van der Waals surface area contributed by atoms with Crippen molar-refractivity contribution in [2.45, 2.75) is 37.9 Å². The molecule has 0 saturated heterocycles. The maximum atomic E-state index is 12.0. The molecular formula is C17H24N4O2S. The van der Waals surface area contributed by atoms with Crippen LogP contribution in [0.15, 0.2) is 29.4 Å². The van der Waals surface area contributed by atoms with E-state index in [2.05, 4.69) is 29.4 Å². The number of hydrogen-bond donors (Lipinski definition) is 1. The molecule has 2 aromatic rings. The molecule has 0 radical (unpaired) electrons. The molecule has 0 aliphatic carbocycles. The van der Waals surface area contributed by atoms with Gasteiger partial charge in [-0.3, -0.25) is 4.79 Å². The normalized spacial score (nSPS) is 10.9. The Morgan fingerprint density at radius 2 is 1.92 bits per heavy atom. The third-order valence-corrected chi connectivity index (χ3v) is 4.89. The zero-order chi connectivity index (χ0) is 17.5. The topological polar surface area (TPSA) is 69.0 Å². The Morgan fingerprint density at radius 3 is 2.50 bits per heavy atom. The molecule has 1 amide bonds. The lowest BCUT2D eigenvalue weighted by Gasteiger charge is -2.14. The van der Waals surface area contributed by atoms with E-state index in [1.165, 1.54) is 11.8 Å². The first-order valence-corrected chi connectivity index (χ1v) is 9.03. The summed E-state index contributed by atoms with van der Waals surface area (Å²) in [6.45, 7) is 4.15. The standard InChI is InChI=1S/C17H24N4O2S/c1-5-13(6-2)18-15(22)11-24-17-20-19-16(21(17)3)12-7-9-14(23-4)10-8-12/h7-10,13H,5-6,11H2,1-4H3,(H,18,22). The van der Waals surface area contributed by atoms with Gasteiger partial charge in [-0.15, -0.1) is 10.2 Å². The second-order valence-corrected chi connectivity index (χ2v) is 6.41. The molecule has 1 heterocycles. The molecule has 1 N–H and O–H groups in total. The van der Waals surface area contributed by atoms with Crippen molar-refractivity contribution < 1.29 is 9.53 Å². The van der Waals surface area contributed by atoms with Crippen LogP contribution in [0.1, 0.15) is 26.7 Å². The number of thioether (sulfide) groups is 1. The Balaban J connectivity index is 2.00. The van der Waals surface area contributed by atoms with Crippen molar-refractivity contribution in [3.8, 4) is 17.1 Å².